The summed E-state index contributed by atoms with van der Waals surface area (Å²) in [5.74, 6) is -2.42. The van der Waals surface area contributed by atoms with Crippen molar-refractivity contribution in [3.05, 3.63) is 35.9 Å². The first kappa shape index (κ1) is 27.1. The highest BCUT2D eigenvalue weighted by atomic mass is 16.4. The van der Waals surface area contributed by atoms with Crippen molar-refractivity contribution < 1.29 is 24.3 Å². The van der Waals surface area contributed by atoms with Gasteiger partial charge in [0.05, 0.1) is 6.04 Å². The Kier molecular flexibility index (Phi) is 11.4. The van der Waals surface area contributed by atoms with Crippen molar-refractivity contribution >= 4 is 23.7 Å². The van der Waals surface area contributed by atoms with Crippen LogP contribution >= 0.6 is 0 Å². The molecule has 0 aliphatic rings. The number of nitrogens with two attached hydrogens (primary N) is 1. The number of amides is 3. The number of carboxylic acid groups (broad SMARTS) is 1. The quantitative estimate of drug-likeness (QED) is 0.301. The predicted molar refractivity (Wildman–Crippen MR) is 122 cm³/mol. The first-order valence-corrected chi connectivity index (χ1v) is 10.9. The minimum Gasteiger partial charge on any atom is -0.480 e. The highest BCUT2D eigenvalue weighted by molar-refractivity contribution is 5.93. The minimum absolute atomic E-state index is 0.0979. The molecule has 0 aliphatic heterocycles. The zero-order valence-corrected chi connectivity index (χ0v) is 19.3. The first-order chi connectivity index (χ1) is 15.0. The zero-order chi connectivity index (χ0) is 24.3. The van der Waals surface area contributed by atoms with Crippen molar-refractivity contribution in [1.82, 2.24) is 16.0 Å². The molecule has 9 nitrogen and oxygen atoms in total. The molecular weight excluding hydrogens is 412 g/mol. The van der Waals surface area contributed by atoms with Crippen molar-refractivity contribution in [3.63, 3.8) is 0 Å². The fourth-order valence-corrected chi connectivity index (χ4v) is 3.21. The molecule has 1 aromatic rings. The Hall–Kier alpha value is -2.94. The molecule has 0 bridgehead atoms. The van der Waals surface area contributed by atoms with E-state index in [4.69, 9.17) is 10.8 Å². The Morgan fingerprint density at radius 3 is 1.94 bits per heavy atom. The molecule has 0 aromatic heterocycles. The van der Waals surface area contributed by atoms with Crippen LogP contribution in [0.2, 0.25) is 0 Å². The van der Waals surface area contributed by atoms with Crippen LogP contribution in [0, 0.1) is 11.8 Å². The average molecular weight is 449 g/mol. The molecule has 6 N–H and O–H groups in total. The molecular formula is C23H36N4O5. The summed E-state index contributed by atoms with van der Waals surface area (Å²) < 4.78 is 0. The van der Waals surface area contributed by atoms with Crippen LogP contribution in [0.15, 0.2) is 30.3 Å². The van der Waals surface area contributed by atoms with E-state index in [0.717, 1.165) is 5.56 Å². The number of benzene rings is 1. The van der Waals surface area contributed by atoms with Gasteiger partial charge in [0.1, 0.15) is 18.6 Å². The van der Waals surface area contributed by atoms with Crippen LogP contribution in [0.25, 0.3) is 0 Å². The standard InChI is InChI=1S/C23H36N4O5/c1-14(2)10-17(24)21(30)26-18(11-15(3)4)23(32)27-19(22(31)25-13-20(28)29)12-16-8-6-5-7-9-16/h5-9,14-15,17-19H,10-13,24H2,1-4H3,(H,25,31)(H,26,30)(H,27,32)(H,28,29). The molecule has 0 saturated heterocycles. The van der Waals surface area contributed by atoms with Crippen LogP contribution in [-0.4, -0.2) is 53.5 Å². The van der Waals surface area contributed by atoms with E-state index in [1.807, 2.05) is 45.9 Å². The number of hydrogen-bond acceptors (Lipinski definition) is 5. The Labute approximate surface area is 189 Å². The number of carboxylic acids is 1. The van der Waals surface area contributed by atoms with Crippen molar-refractivity contribution in [3.8, 4) is 0 Å². The third kappa shape index (κ3) is 10.4. The lowest BCUT2D eigenvalue weighted by atomic mass is 9.99. The highest BCUT2D eigenvalue weighted by Crippen LogP contribution is 2.09. The van der Waals surface area contributed by atoms with E-state index in [1.54, 1.807) is 12.1 Å². The second-order valence-electron chi connectivity index (χ2n) is 8.79. The third-order valence-corrected chi connectivity index (χ3v) is 4.73. The van der Waals surface area contributed by atoms with Crippen LogP contribution in [0.3, 0.4) is 0 Å². The second kappa shape index (κ2) is 13.5. The summed E-state index contributed by atoms with van der Waals surface area (Å²) in [6.45, 7) is 7.18. The van der Waals surface area contributed by atoms with E-state index in [2.05, 4.69) is 16.0 Å². The summed E-state index contributed by atoms with van der Waals surface area (Å²) in [5.41, 5.74) is 6.75. The van der Waals surface area contributed by atoms with Gasteiger partial charge in [-0.1, -0.05) is 58.0 Å². The molecule has 0 aliphatic carbocycles. The topological polar surface area (TPSA) is 151 Å². The Bertz CT molecular complexity index is 767. The van der Waals surface area contributed by atoms with Crippen LogP contribution in [0.4, 0.5) is 0 Å². The van der Waals surface area contributed by atoms with Gasteiger partial charge in [-0.15, -0.1) is 0 Å². The Balaban J connectivity index is 2.97. The number of carbonyl (C=O) groups is 4. The van der Waals surface area contributed by atoms with Crippen molar-refractivity contribution in [2.45, 2.75) is 65.1 Å². The van der Waals surface area contributed by atoms with Crippen molar-refractivity contribution in [1.29, 1.82) is 0 Å². The van der Waals surface area contributed by atoms with Crippen LogP contribution in [-0.2, 0) is 25.6 Å². The molecule has 0 radical (unpaired) electrons. The lowest BCUT2D eigenvalue weighted by Gasteiger charge is -2.25. The van der Waals surface area contributed by atoms with Gasteiger partial charge in [0.25, 0.3) is 0 Å². The van der Waals surface area contributed by atoms with Crippen molar-refractivity contribution in [2.75, 3.05) is 6.54 Å². The van der Waals surface area contributed by atoms with Crippen LogP contribution in [0.1, 0.15) is 46.1 Å². The number of nitrogens with one attached hydrogen (secondary N) is 3. The maximum atomic E-state index is 13.0. The van der Waals surface area contributed by atoms with Gasteiger partial charge < -0.3 is 26.8 Å². The normalized spacial score (nSPS) is 13.8. The maximum Gasteiger partial charge on any atom is 0.322 e. The summed E-state index contributed by atoms with van der Waals surface area (Å²) in [5, 5.41) is 16.6. The molecule has 1 rings (SSSR count). The lowest BCUT2D eigenvalue weighted by molar-refractivity contribution is -0.138. The van der Waals surface area contributed by atoms with E-state index in [-0.39, 0.29) is 18.3 Å². The maximum absolute atomic E-state index is 13.0. The SMILES string of the molecule is CC(C)CC(N)C(=O)NC(CC(C)C)C(=O)NC(Cc1ccccc1)C(=O)NCC(=O)O. The Morgan fingerprint density at radius 2 is 1.41 bits per heavy atom. The monoisotopic (exact) mass is 448 g/mol. The Morgan fingerprint density at radius 1 is 0.844 bits per heavy atom. The fraction of sp³-hybridized carbons (Fsp3) is 0.565. The molecule has 3 unspecified atom stereocenters. The molecule has 0 fully saturated rings. The number of aliphatic carboxylic acids is 1. The minimum atomic E-state index is -1.19. The van der Waals surface area contributed by atoms with E-state index in [0.29, 0.717) is 12.8 Å². The summed E-state index contributed by atoms with van der Waals surface area (Å²) >= 11 is 0. The van der Waals surface area contributed by atoms with Crippen molar-refractivity contribution in [2.24, 2.45) is 17.6 Å². The zero-order valence-electron chi connectivity index (χ0n) is 19.3. The van der Waals surface area contributed by atoms with E-state index in [9.17, 15) is 19.2 Å². The fourth-order valence-electron chi connectivity index (χ4n) is 3.21. The molecule has 3 atom stereocenters. The van der Waals surface area contributed by atoms with Gasteiger partial charge in [-0.25, -0.2) is 0 Å². The van der Waals surface area contributed by atoms with Gasteiger partial charge >= 0.3 is 5.97 Å². The van der Waals surface area contributed by atoms with Gasteiger partial charge in [0.2, 0.25) is 17.7 Å². The number of carbonyl (C=O) groups excluding carboxylic acids is 3. The van der Waals surface area contributed by atoms with Crippen LogP contribution < -0.4 is 21.7 Å². The highest BCUT2D eigenvalue weighted by Gasteiger charge is 2.29. The van der Waals surface area contributed by atoms with Gasteiger partial charge in [0.15, 0.2) is 0 Å². The van der Waals surface area contributed by atoms with Crippen LogP contribution in [0.5, 0.6) is 0 Å². The molecule has 32 heavy (non-hydrogen) atoms. The summed E-state index contributed by atoms with van der Waals surface area (Å²) in [4.78, 5) is 49.0. The smallest absolute Gasteiger partial charge is 0.322 e. The summed E-state index contributed by atoms with van der Waals surface area (Å²) in [6, 6.07) is 6.45. The average Bonchev–Trinajstić information content (AvgIpc) is 2.70. The molecule has 1 aromatic carbocycles. The van der Waals surface area contributed by atoms with E-state index >= 15 is 0 Å². The number of hydrogen-bond donors (Lipinski definition) is 5. The van der Waals surface area contributed by atoms with Gasteiger partial charge in [0, 0.05) is 6.42 Å². The molecule has 178 valence electrons. The predicted octanol–water partition coefficient (Wildman–Crippen LogP) is 0.819. The molecule has 0 heterocycles. The molecule has 0 saturated carbocycles. The van der Waals surface area contributed by atoms with Gasteiger partial charge in [-0.3, -0.25) is 19.2 Å². The summed E-state index contributed by atoms with van der Waals surface area (Å²) in [7, 11) is 0. The largest absolute Gasteiger partial charge is 0.480 e. The third-order valence-electron chi connectivity index (χ3n) is 4.73. The van der Waals surface area contributed by atoms with E-state index < -0.39 is 48.4 Å². The summed E-state index contributed by atoms with van der Waals surface area (Å²) in [6.07, 6.45) is 1.02. The van der Waals surface area contributed by atoms with Gasteiger partial charge in [-0.05, 0) is 30.2 Å². The molecule has 9 heteroatoms. The van der Waals surface area contributed by atoms with E-state index in [1.165, 1.54) is 0 Å². The molecule has 0 spiro atoms. The van der Waals surface area contributed by atoms with Gasteiger partial charge in [-0.2, -0.15) is 0 Å². The lowest BCUT2D eigenvalue weighted by Crippen LogP contribution is -2.56. The molecule has 3 amide bonds. The second-order valence-corrected chi connectivity index (χ2v) is 8.79. The number of rotatable bonds is 13. The first-order valence-electron chi connectivity index (χ1n) is 10.9.